The molecule has 0 saturated heterocycles. The van der Waals surface area contributed by atoms with Crippen LogP contribution in [0.1, 0.15) is 19.3 Å². The normalized spacial score (nSPS) is 9.94. The van der Waals surface area contributed by atoms with Crippen molar-refractivity contribution in [1.29, 1.82) is 0 Å². The zero-order valence-corrected chi connectivity index (χ0v) is 9.94. The van der Waals surface area contributed by atoms with Gasteiger partial charge in [0.15, 0.2) is 0 Å². The van der Waals surface area contributed by atoms with Crippen molar-refractivity contribution in [2.24, 2.45) is 0 Å². The van der Waals surface area contributed by atoms with E-state index in [-0.39, 0.29) is 11.6 Å². The molecule has 6 heteroatoms. The molecule has 0 aliphatic heterocycles. The van der Waals surface area contributed by atoms with E-state index in [4.69, 9.17) is 11.6 Å². The average molecular weight is 257 g/mol. The van der Waals surface area contributed by atoms with Crippen molar-refractivity contribution in [3.8, 4) is 0 Å². The van der Waals surface area contributed by atoms with E-state index < -0.39 is 4.92 Å². The van der Waals surface area contributed by atoms with Gasteiger partial charge in [0.2, 0.25) is 5.91 Å². The molecule has 0 bridgehead atoms. The highest BCUT2D eigenvalue weighted by Crippen LogP contribution is 2.15. The van der Waals surface area contributed by atoms with E-state index in [9.17, 15) is 14.9 Å². The van der Waals surface area contributed by atoms with Crippen molar-refractivity contribution in [1.82, 2.24) is 0 Å². The van der Waals surface area contributed by atoms with Gasteiger partial charge in [0.25, 0.3) is 5.69 Å². The lowest BCUT2D eigenvalue weighted by Gasteiger charge is -2.04. The lowest BCUT2D eigenvalue weighted by atomic mass is 10.2. The van der Waals surface area contributed by atoms with Gasteiger partial charge in [0, 0.05) is 30.1 Å². The number of carbonyl (C=O) groups is 1. The maximum Gasteiger partial charge on any atom is 0.269 e. The largest absolute Gasteiger partial charge is 0.326 e. The minimum Gasteiger partial charge on any atom is -0.326 e. The summed E-state index contributed by atoms with van der Waals surface area (Å²) in [7, 11) is 0. The number of nitrogens with one attached hydrogen (secondary N) is 1. The number of anilines is 1. The predicted octanol–water partition coefficient (Wildman–Crippen LogP) is 2.94. The number of alkyl halides is 1. The van der Waals surface area contributed by atoms with Crippen molar-refractivity contribution in [3.63, 3.8) is 0 Å². The fourth-order valence-corrected chi connectivity index (χ4v) is 1.46. The first-order valence-electron chi connectivity index (χ1n) is 5.24. The number of hydrogen-bond acceptors (Lipinski definition) is 3. The van der Waals surface area contributed by atoms with E-state index in [1.54, 1.807) is 0 Å². The van der Waals surface area contributed by atoms with Gasteiger partial charge in [-0.1, -0.05) is 0 Å². The number of hydrogen-bond donors (Lipinski definition) is 1. The van der Waals surface area contributed by atoms with Gasteiger partial charge >= 0.3 is 0 Å². The molecule has 17 heavy (non-hydrogen) atoms. The average Bonchev–Trinajstić information content (AvgIpc) is 2.30. The first-order valence-corrected chi connectivity index (χ1v) is 5.77. The molecule has 0 aliphatic rings. The second-order valence-electron chi connectivity index (χ2n) is 3.50. The molecule has 1 amide bonds. The van der Waals surface area contributed by atoms with Gasteiger partial charge in [-0.25, -0.2) is 0 Å². The molecule has 1 aromatic rings. The molecular formula is C11H13ClN2O3. The molecule has 92 valence electrons. The summed E-state index contributed by atoms with van der Waals surface area (Å²) in [4.78, 5) is 21.4. The van der Waals surface area contributed by atoms with Crippen LogP contribution in [0.3, 0.4) is 0 Å². The Hall–Kier alpha value is -1.62. The predicted molar refractivity (Wildman–Crippen MR) is 66.3 cm³/mol. The zero-order chi connectivity index (χ0) is 12.7. The Balaban J connectivity index is 2.46. The number of nitro benzene ring substituents is 1. The lowest BCUT2D eigenvalue weighted by Crippen LogP contribution is -2.11. The number of halogens is 1. The third kappa shape index (κ3) is 4.82. The van der Waals surface area contributed by atoms with Crippen molar-refractivity contribution < 1.29 is 9.72 Å². The van der Waals surface area contributed by atoms with Crippen LogP contribution in [0.15, 0.2) is 24.3 Å². The summed E-state index contributed by atoms with van der Waals surface area (Å²) in [5.74, 6) is 0.439. The standard InChI is InChI=1S/C11H13ClN2O3/c12-8-2-1-3-11(15)13-9-4-6-10(7-5-9)14(16)17/h4-7H,1-3,8H2,(H,13,15). The highest BCUT2D eigenvalue weighted by molar-refractivity contribution is 6.17. The van der Waals surface area contributed by atoms with Crippen molar-refractivity contribution in [2.75, 3.05) is 11.2 Å². The van der Waals surface area contributed by atoms with E-state index in [1.165, 1.54) is 24.3 Å². The Bertz CT molecular complexity index is 392. The lowest BCUT2D eigenvalue weighted by molar-refractivity contribution is -0.384. The molecule has 1 rings (SSSR count). The fraction of sp³-hybridized carbons (Fsp3) is 0.364. The minimum atomic E-state index is -0.480. The van der Waals surface area contributed by atoms with Gasteiger partial charge in [0.05, 0.1) is 4.92 Å². The quantitative estimate of drug-likeness (QED) is 0.368. The van der Waals surface area contributed by atoms with E-state index >= 15 is 0 Å². The van der Waals surface area contributed by atoms with Crippen LogP contribution in [0.25, 0.3) is 0 Å². The Kier molecular flexibility index (Phi) is 5.42. The summed E-state index contributed by atoms with van der Waals surface area (Å²) in [5.41, 5.74) is 0.566. The molecule has 0 atom stereocenters. The van der Waals surface area contributed by atoms with Gasteiger partial charge in [-0.2, -0.15) is 0 Å². The Labute approximate surface area is 104 Å². The van der Waals surface area contributed by atoms with Gasteiger partial charge in [0.1, 0.15) is 0 Å². The smallest absolute Gasteiger partial charge is 0.269 e. The Morgan fingerprint density at radius 3 is 2.47 bits per heavy atom. The first-order chi connectivity index (χ1) is 8.13. The maximum absolute atomic E-state index is 11.4. The number of nitrogens with zero attached hydrogens (tertiary/aromatic N) is 1. The summed E-state index contributed by atoms with van der Waals surface area (Å²) in [6.45, 7) is 0. The summed E-state index contributed by atoms with van der Waals surface area (Å²) in [6, 6.07) is 5.73. The first kappa shape index (κ1) is 13.4. The zero-order valence-electron chi connectivity index (χ0n) is 9.19. The van der Waals surface area contributed by atoms with Crippen molar-refractivity contribution >= 4 is 28.9 Å². The molecule has 0 unspecified atom stereocenters. The number of unbranched alkanes of at least 4 members (excludes halogenated alkanes) is 1. The molecule has 0 saturated carbocycles. The van der Waals surface area contributed by atoms with Crippen molar-refractivity contribution in [2.45, 2.75) is 19.3 Å². The van der Waals surface area contributed by atoms with Crippen LogP contribution in [-0.4, -0.2) is 16.7 Å². The molecule has 0 aliphatic carbocycles. The second-order valence-corrected chi connectivity index (χ2v) is 3.88. The summed E-state index contributed by atoms with van der Waals surface area (Å²) >= 11 is 5.50. The number of nitro groups is 1. The molecular weight excluding hydrogens is 244 g/mol. The number of carbonyl (C=O) groups excluding carboxylic acids is 1. The summed E-state index contributed by atoms with van der Waals surface area (Å²) in [6.07, 6.45) is 1.95. The van der Waals surface area contributed by atoms with E-state index in [1.807, 2.05) is 0 Å². The third-order valence-electron chi connectivity index (χ3n) is 2.15. The Morgan fingerprint density at radius 1 is 1.29 bits per heavy atom. The van der Waals surface area contributed by atoms with E-state index in [0.717, 1.165) is 12.8 Å². The SMILES string of the molecule is O=C(CCCCCl)Nc1ccc([N+](=O)[O-])cc1. The van der Waals surface area contributed by atoms with Crippen LogP contribution in [0, 0.1) is 10.1 Å². The molecule has 0 heterocycles. The number of rotatable bonds is 6. The fourth-order valence-electron chi connectivity index (χ4n) is 1.27. The minimum absolute atomic E-state index is 0.00476. The van der Waals surface area contributed by atoms with Crippen LogP contribution in [-0.2, 0) is 4.79 Å². The van der Waals surface area contributed by atoms with Crippen LogP contribution in [0.2, 0.25) is 0 Å². The molecule has 5 nitrogen and oxygen atoms in total. The molecule has 1 aromatic carbocycles. The van der Waals surface area contributed by atoms with Crippen molar-refractivity contribution in [3.05, 3.63) is 34.4 Å². The monoisotopic (exact) mass is 256 g/mol. The highest BCUT2D eigenvalue weighted by Gasteiger charge is 2.06. The van der Waals surface area contributed by atoms with Gasteiger partial charge in [-0.15, -0.1) is 11.6 Å². The summed E-state index contributed by atoms with van der Waals surface area (Å²) in [5, 5.41) is 13.1. The van der Waals surface area contributed by atoms with Crippen LogP contribution < -0.4 is 5.32 Å². The number of non-ortho nitro benzene ring substituents is 1. The van der Waals surface area contributed by atoms with Crippen LogP contribution in [0.5, 0.6) is 0 Å². The van der Waals surface area contributed by atoms with Gasteiger partial charge < -0.3 is 5.32 Å². The molecule has 0 aromatic heterocycles. The Morgan fingerprint density at radius 2 is 1.94 bits per heavy atom. The van der Waals surface area contributed by atoms with Crippen LogP contribution in [0.4, 0.5) is 11.4 Å². The number of amides is 1. The topological polar surface area (TPSA) is 72.2 Å². The van der Waals surface area contributed by atoms with E-state index in [2.05, 4.69) is 5.32 Å². The van der Waals surface area contributed by atoms with Crippen LogP contribution >= 0.6 is 11.6 Å². The van der Waals surface area contributed by atoms with Gasteiger partial charge in [-0.05, 0) is 25.0 Å². The summed E-state index contributed by atoms with van der Waals surface area (Å²) < 4.78 is 0. The molecule has 0 spiro atoms. The molecule has 1 N–H and O–H groups in total. The highest BCUT2D eigenvalue weighted by atomic mass is 35.5. The second kappa shape index (κ2) is 6.85. The molecule has 0 radical (unpaired) electrons. The number of benzene rings is 1. The molecule has 0 fully saturated rings. The third-order valence-corrected chi connectivity index (χ3v) is 2.42. The maximum atomic E-state index is 11.4. The van der Waals surface area contributed by atoms with Gasteiger partial charge in [-0.3, -0.25) is 14.9 Å². The van der Waals surface area contributed by atoms with E-state index in [0.29, 0.717) is 18.0 Å².